The number of hydrogen-bond acceptors (Lipinski definition) is 6. The topological polar surface area (TPSA) is 93.2 Å². The Kier molecular flexibility index (Phi) is 4.05. The van der Waals surface area contributed by atoms with Crippen molar-refractivity contribution in [1.82, 2.24) is 4.98 Å². The van der Waals surface area contributed by atoms with Gasteiger partial charge in [0.05, 0.1) is 16.8 Å². The van der Waals surface area contributed by atoms with Gasteiger partial charge in [-0.3, -0.25) is 4.72 Å². The van der Waals surface area contributed by atoms with Crippen molar-refractivity contribution in [1.29, 1.82) is 0 Å². The molecular weight excluding hydrogens is 344 g/mol. The highest BCUT2D eigenvalue weighted by molar-refractivity contribution is 7.95. The van der Waals surface area contributed by atoms with Crippen molar-refractivity contribution in [3.63, 3.8) is 0 Å². The molecule has 2 rings (SSSR count). The lowest BCUT2D eigenvalue weighted by Gasteiger charge is -2.09. The lowest BCUT2D eigenvalue weighted by Crippen LogP contribution is -2.14. The van der Waals surface area contributed by atoms with Crippen LogP contribution in [0.3, 0.4) is 0 Å². The number of rotatable bonds is 4. The Bertz CT molecular complexity index is 843. The molecule has 0 amide bonds. The summed E-state index contributed by atoms with van der Waals surface area (Å²) in [6.07, 6.45) is 2.11. The van der Waals surface area contributed by atoms with E-state index in [0.717, 1.165) is 23.8 Å². The van der Waals surface area contributed by atoms with Crippen LogP contribution in [0.5, 0.6) is 0 Å². The Hall–Kier alpha value is -1.16. The maximum Gasteiger partial charge on any atom is 0.273 e. The molecule has 1 N–H and O–H groups in total. The number of nitrogens with one attached hydrogen (secondary N) is 1. The zero-order valence-electron chi connectivity index (χ0n) is 10.1. The molecule has 2 aromatic rings. The predicted molar refractivity (Wildman–Crippen MR) is 77.5 cm³/mol. The van der Waals surface area contributed by atoms with Crippen molar-refractivity contribution < 1.29 is 16.8 Å². The van der Waals surface area contributed by atoms with Crippen molar-refractivity contribution in [3.8, 4) is 0 Å². The van der Waals surface area contributed by atoms with Crippen molar-refractivity contribution in [2.75, 3.05) is 11.0 Å². The normalized spacial score (nSPS) is 12.3. The van der Waals surface area contributed by atoms with E-state index in [1.54, 1.807) is 0 Å². The summed E-state index contributed by atoms with van der Waals surface area (Å²) in [5, 5.41) is 0. The summed E-state index contributed by atoms with van der Waals surface area (Å²) in [5.74, 6) is 0. The Morgan fingerprint density at radius 1 is 1.20 bits per heavy atom. The largest absolute Gasteiger partial charge is 0.278 e. The van der Waals surface area contributed by atoms with Gasteiger partial charge >= 0.3 is 0 Å². The van der Waals surface area contributed by atoms with Gasteiger partial charge in [-0.1, -0.05) is 35.1 Å². The molecule has 0 radical (unpaired) electrons. The van der Waals surface area contributed by atoms with Crippen LogP contribution in [-0.4, -0.2) is 28.1 Å². The molecule has 0 saturated carbocycles. The van der Waals surface area contributed by atoms with Crippen LogP contribution in [0.1, 0.15) is 0 Å². The molecule has 10 heteroatoms. The summed E-state index contributed by atoms with van der Waals surface area (Å²) >= 11 is 6.37. The van der Waals surface area contributed by atoms with Gasteiger partial charge in [0.15, 0.2) is 18.5 Å². The van der Waals surface area contributed by atoms with Gasteiger partial charge in [0.1, 0.15) is 0 Å². The van der Waals surface area contributed by atoms with E-state index in [1.807, 2.05) is 0 Å². The van der Waals surface area contributed by atoms with Gasteiger partial charge in [0.2, 0.25) is 0 Å². The monoisotopic (exact) mass is 352 g/mol. The molecule has 1 heterocycles. The Labute approximate surface area is 125 Å². The molecule has 0 aliphatic carbocycles. The smallest absolute Gasteiger partial charge is 0.273 e. The van der Waals surface area contributed by atoms with Crippen molar-refractivity contribution >= 4 is 48.5 Å². The van der Waals surface area contributed by atoms with Crippen LogP contribution in [0, 0.1) is 0 Å². The summed E-state index contributed by atoms with van der Waals surface area (Å²) in [6.45, 7) is 0. The highest BCUT2D eigenvalue weighted by Gasteiger charge is 2.21. The number of para-hydroxylation sites is 1. The summed E-state index contributed by atoms with van der Waals surface area (Å²) in [7, 11) is -7.47. The first-order valence-corrected chi connectivity index (χ1v) is 9.70. The molecule has 20 heavy (non-hydrogen) atoms. The molecule has 0 bridgehead atoms. The maximum atomic E-state index is 12.1. The highest BCUT2D eigenvalue weighted by Crippen LogP contribution is 2.27. The van der Waals surface area contributed by atoms with Crippen LogP contribution in [-0.2, 0) is 19.9 Å². The molecule has 1 aromatic heterocycles. The molecule has 0 saturated heterocycles. The van der Waals surface area contributed by atoms with E-state index in [2.05, 4.69) is 9.71 Å². The second-order valence-corrected chi connectivity index (χ2v) is 9.31. The first-order chi connectivity index (χ1) is 9.20. The number of nitrogens with zero attached hydrogens (tertiary/aromatic N) is 1. The first kappa shape index (κ1) is 15.2. The number of hydrogen-bond donors (Lipinski definition) is 1. The van der Waals surface area contributed by atoms with Crippen LogP contribution < -0.4 is 4.72 Å². The van der Waals surface area contributed by atoms with Crippen LogP contribution in [0.15, 0.2) is 39.6 Å². The van der Waals surface area contributed by atoms with Crippen LogP contribution >= 0.6 is 22.9 Å². The Morgan fingerprint density at radius 2 is 1.85 bits per heavy atom. The third-order valence-corrected chi connectivity index (χ3v) is 6.35. The van der Waals surface area contributed by atoms with Gasteiger partial charge in [0.25, 0.3) is 10.0 Å². The number of benzene rings is 1. The summed E-state index contributed by atoms with van der Waals surface area (Å²) in [6, 6.07) is 5.74. The summed E-state index contributed by atoms with van der Waals surface area (Å²) in [5.41, 5.74) is -0.0143. The number of anilines is 1. The molecule has 108 valence electrons. The summed E-state index contributed by atoms with van der Waals surface area (Å²) < 4.78 is 49.6. The molecule has 1 aromatic carbocycles. The fraction of sp³-hybridized carbons (Fsp3) is 0.100. The van der Waals surface area contributed by atoms with Crippen molar-refractivity contribution in [3.05, 3.63) is 34.9 Å². The van der Waals surface area contributed by atoms with E-state index in [0.29, 0.717) is 0 Å². The molecular formula is C10H9ClN2O4S3. The Balaban J connectivity index is 2.46. The zero-order valence-corrected chi connectivity index (χ0v) is 13.3. The SMILES string of the molecule is CS(=O)(=O)c1ccccc1NS(=O)(=O)c1cnc(Cl)s1. The quantitative estimate of drug-likeness (QED) is 0.908. The number of sulfonamides is 1. The minimum absolute atomic E-state index is 0.0143. The van der Waals surface area contributed by atoms with Gasteiger partial charge in [-0.2, -0.15) is 0 Å². The van der Waals surface area contributed by atoms with Gasteiger partial charge in [-0.25, -0.2) is 21.8 Å². The third kappa shape index (κ3) is 3.29. The molecule has 0 atom stereocenters. The van der Waals surface area contributed by atoms with E-state index in [4.69, 9.17) is 11.6 Å². The predicted octanol–water partition coefficient (Wildman–Crippen LogP) is 2.00. The molecule has 6 nitrogen and oxygen atoms in total. The van der Waals surface area contributed by atoms with Crippen molar-refractivity contribution in [2.24, 2.45) is 0 Å². The van der Waals surface area contributed by atoms with Crippen molar-refractivity contribution in [2.45, 2.75) is 9.10 Å². The number of thiazole rings is 1. The number of halogens is 1. The molecule has 0 aliphatic rings. The maximum absolute atomic E-state index is 12.1. The minimum Gasteiger partial charge on any atom is -0.278 e. The molecule has 0 unspecified atom stereocenters. The van der Waals surface area contributed by atoms with E-state index in [1.165, 1.54) is 24.3 Å². The van der Waals surface area contributed by atoms with Crippen LogP contribution in [0.25, 0.3) is 0 Å². The van der Waals surface area contributed by atoms with Gasteiger partial charge < -0.3 is 0 Å². The fourth-order valence-corrected chi connectivity index (χ4v) is 4.71. The number of aromatic nitrogens is 1. The van der Waals surface area contributed by atoms with E-state index >= 15 is 0 Å². The summed E-state index contributed by atoms with van der Waals surface area (Å²) in [4.78, 5) is 3.54. The van der Waals surface area contributed by atoms with Crippen LogP contribution in [0.4, 0.5) is 5.69 Å². The number of sulfone groups is 1. The van der Waals surface area contributed by atoms with E-state index in [9.17, 15) is 16.8 Å². The zero-order chi connectivity index (χ0) is 15.0. The van der Waals surface area contributed by atoms with Crippen LogP contribution in [0.2, 0.25) is 4.47 Å². The lowest BCUT2D eigenvalue weighted by molar-refractivity contribution is 0.602. The average Bonchev–Trinajstić information content (AvgIpc) is 2.75. The second-order valence-electron chi connectivity index (χ2n) is 3.81. The molecule has 0 fully saturated rings. The Morgan fingerprint density at radius 3 is 2.40 bits per heavy atom. The second kappa shape index (κ2) is 5.32. The minimum atomic E-state index is -3.92. The van der Waals surface area contributed by atoms with E-state index in [-0.39, 0.29) is 19.3 Å². The third-order valence-electron chi connectivity index (χ3n) is 2.25. The standard InChI is InChI=1S/C10H9ClN2O4S3/c1-19(14,15)8-5-3-2-4-7(8)13-20(16,17)9-6-12-10(11)18-9/h2-6,13H,1H3. The van der Waals surface area contributed by atoms with Gasteiger partial charge in [-0.05, 0) is 12.1 Å². The lowest BCUT2D eigenvalue weighted by atomic mass is 10.3. The van der Waals surface area contributed by atoms with Gasteiger partial charge in [-0.15, -0.1) is 0 Å². The molecule has 0 aliphatic heterocycles. The fourth-order valence-electron chi connectivity index (χ4n) is 1.43. The molecule has 0 spiro atoms. The highest BCUT2D eigenvalue weighted by atomic mass is 35.5. The van der Waals surface area contributed by atoms with Gasteiger partial charge in [0, 0.05) is 6.26 Å². The average molecular weight is 353 g/mol. The van der Waals surface area contributed by atoms with E-state index < -0.39 is 19.9 Å². The first-order valence-electron chi connectivity index (χ1n) is 5.13.